The Morgan fingerprint density at radius 1 is 1.33 bits per heavy atom. The highest BCUT2D eigenvalue weighted by Gasteiger charge is 2.28. The van der Waals surface area contributed by atoms with E-state index in [2.05, 4.69) is 16.0 Å². The molecule has 0 amide bonds. The van der Waals surface area contributed by atoms with Crippen molar-refractivity contribution in [2.75, 3.05) is 18.0 Å². The van der Waals surface area contributed by atoms with Crippen LogP contribution in [0.25, 0.3) is 16.7 Å². The summed E-state index contributed by atoms with van der Waals surface area (Å²) in [4.78, 5) is 19.4. The van der Waals surface area contributed by atoms with E-state index in [4.69, 9.17) is 17.3 Å². The SMILES string of the molecule is Cn1cnc2c(C#N)c(N3CCC[C@H](N)C3)n(-c3ccc(Cl)cc3)c2c1=O. The Bertz CT molecular complexity index is 1110. The third kappa shape index (κ3) is 2.87. The molecule has 3 aromatic rings. The number of fused-ring (bicyclic) bond motifs is 1. The first-order chi connectivity index (χ1) is 13.0. The van der Waals surface area contributed by atoms with E-state index < -0.39 is 0 Å². The molecule has 3 heterocycles. The van der Waals surface area contributed by atoms with Gasteiger partial charge in [0.05, 0.1) is 6.33 Å². The molecule has 0 aliphatic carbocycles. The number of hydrogen-bond donors (Lipinski definition) is 1. The van der Waals surface area contributed by atoms with E-state index in [0.717, 1.165) is 25.1 Å². The highest BCUT2D eigenvalue weighted by Crippen LogP contribution is 2.34. The van der Waals surface area contributed by atoms with Crippen molar-refractivity contribution in [3.63, 3.8) is 0 Å². The summed E-state index contributed by atoms with van der Waals surface area (Å²) in [5.41, 5.74) is 7.91. The van der Waals surface area contributed by atoms with Crippen molar-refractivity contribution in [1.82, 2.24) is 14.1 Å². The monoisotopic (exact) mass is 382 g/mol. The first-order valence-electron chi connectivity index (χ1n) is 8.78. The number of hydrogen-bond acceptors (Lipinski definition) is 5. The van der Waals surface area contributed by atoms with Crippen LogP contribution in [0.2, 0.25) is 5.02 Å². The lowest BCUT2D eigenvalue weighted by Crippen LogP contribution is -2.43. The van der Waals surface area contributed by atoms with Gasteiger partial charge in [-0.2, -0.15) is 5.26 Å². The fourth-order valence-corrected chi connectivity index (χ4v) is 3.81. The van der Waals surface area contributed by atoms with Gasteiger partial charge >= 0.3 is 0 Å². The number of nitriles is 1. The summed E-state index contributed by atoms with van der Waals surface area (Å²) in [7, 11) is 1.65. The Kier molecular flexibility index (Phi) is 4.38. The fraction of sp³-hybridized carbons (Fsp3) is 0.316. The number of piperidine rings is 1. The van der Waals surface area contributed by atoms with E-state index in [9.17, 15) is 10.1 Å². The van der Waals surface area contributed by atoms with Crippen LogP contribution in [-0.2, 0) is 7.05 Å². The molecule has 0 spiro atoms. The minimum atomic E-state index is -0.209. The average Bonchev–Trinajstić information content (AvgIpc) is 3.00. The first kappa shape index (κ1) is 17.6. The summed E-state index contributed by atoms with van der Waals surface area (Å²) >= 11 is 6.05. The van der Waals surface area contributed by atoms with Gasteiger partial charge in [-0.3, -0.25) is 9.36 Å². The van der Waals surface area contributed by atoms with E-state index in [0.29, 0.717) is 34.0 Å². The van der Waals surface area contributed by atoms with Crippen LogP contribution in [0.15, 0.2) is 35.4 Å². The second-order valence-electron chi connectivity index (χ2n) is 6.83. The van der Waals surface area contributed by atoms with E-state index in [1.54, 1.807) is 19.2 Å². The van der Waals surface area contributed by atoms with Gasteiger partial charge in [-0.05, 0) is 37.1 Å². The molecular formula is C19H19ClN6O. The van der Waals surface area contributed by atoms with Crippen LogP contribution >= 0.6 is 11.6 Å². The fourth-order valence-electron chi connectivity index (χ4n) is 3.68. The quantitative estimate of drug-likeness (QED) is 0.733. The summed E-state index contributed by atoms with van der Waals surface area (Å²) in [6, 6.07) is 9.49. The Morgan fingerprint density at radius 3 is 2.74 bits per heavy atom. The van der Waals surface area contributed by atoms with Crippen LogP contribution in [0.5, 0.6) is 0 Å². The summed E-state index contributed by atoms with van der Waals surface area (Å²) < 4.78 is 3.24. The van der Waals surface area contributed by atoms with Crippen LogP contribution in [0.3, 0.4) is 0 Å². The molecule has 1 fully saturated rings. The zero-order chi connectivity index (χ0) is 19.1. The maximum atomic E-state index is 12.9. The van der Waals surface area contributed by atoms with E-state index in [-0.39, 0.29) is 11.6 Å². The number of nitrogens with zero attached hydrogens (tertiary/aromatic N) is 5. The molecule has 7 nitrogen and oxygen atoms in total. The third-order valence-corrected chi connectivity index (χ3v) is 5.21. The van der Waals surface area contributed by atoms with Crippen molar-refractivity contribution >= 4 is 28.5 Å². The van der Waals surface area contributed by atoms with Gasteiger partial charge in [0, 0.05) is 36.9 Å². The van der Waals surface area contributed by atoms with Gasteiger partial charge in [-0.15, -0.1) is 0 Å². The second-order valence-corrected chi connectivity index (χ2v) is 7.26. The average molecular weight is 383 g/mol. The van der Waals surface area contributed by atoms with Crippen LogP contribution in [0, 0.1) is 11.3 Å². The van der Waals surface area contributed by atoms with Crippen LogP contribution in [0.1, 0.15) is 18.4 Å². The second kappa shape index (κ2) is 6.72. The minimum Gasteiger partial charge on any atom is -0.355 e. The van der Waals surface area contributed by atoms with Gasteiger partial charge in [0.15, 0.2) is 0 Å². The molecule has 2 N–H and O–H groups in total. The number of anilines is 1. The predicted octanol–water partition coefficient (Wildman–Crippen LogP) is 2.18. The van der Waals surface area contributed by atoms with E-state index >= 15 is 0 Å². The molecule has 4 rings (SSSR count). The normalized spacial score (nSPS) is 17.3. The molecule has 1 aliphatic heterocycles. The molecule has 1 saturated heterocycles. The van der Waals surface area contributed by atoms with Crippen molar-refractivity contribution in [1.29, 1.82) is 5.26 Å². The molecule has 8 heteroatoms. The molecule has 0 unspecified atom stereocenters. The Morgan fingerprint density at radius 2 is 2.07 bits per heavy atom. The number of benzene rings is 1. The topological polar surface area (TPSA) is 92.9 Å². The zero-order valence-corrected chi connectivity index (χ0v) is 15.6. The number of halogens is 1. The van der Waals surface area contributed by atoms with Gasteiger partial charge < -0.3 is 15.2 Å². The smallest absolute Gasteiger partial charge is 0.278 e. The number of aromatic nitrogens is 3. The molecule has 1 aliphatic rings. The van der Waals surface area contributed by atoms with E-state index in [1.807, 2.05) is 16.7 Å². The lowest BCUT2D eigenvalue weighted by Gasteiger charge is -2.33. The number of rotatable bonds is 2. The number of aryl methyl sites for hydroxylation is 1. The lowest BCUT2D eigenvalue weighted by atomic mass is 10.1. The van der Waals surface area contributed by atoms with Gasteiger partial charge in [0.2, 0.25) is 0 Å². The van der Waals surface area contributed by atoms with Gasteiger partial charge in [0.25, 0.3) is 5.56 Å². The highest BCUT2D eigenvalue weighted by atomic mass is 35.5. The zero-order valence-electron chi connectivity index (χ0n) is 14.9. The molecule has 0 bridgehead atoms. The molecule has 2 aromatic heterocycles. The van der Waals surface area contributed by atoms with Crippen LogP contribution < -0.4 is 16.2 Å². The van der Waals surface area contributed by atoms with Gasteiger partial charge in [-0.25, -0.2) is 4.98 Å². The van der Waals surface area contributed by atoms with Crippen molar-refractivity contribution in [3.05, 3.63) is 51.5 Å². The first-order valence-corrected chi connectivity index (χ1v) is 9.15. The Labute approximate surface area is 161 Å². The maximum Gasteiger partial charge on any atom is 0.278 e. The maximum absolute atomic E-state index is 12.9. The Hall–Kier alpha value is -2.82. The van der Waals surface area contributed by atoms with Crippen molar-refractivity contribution in [2.45, 2.75) is 18.9 Å². The number of nitrogens with two attached hydrogens (primary N) is 1. The summed E-state index contributed by atoms with van der Waals surface area (Å²) in [6.45, 7) is 1.39. The third-order valence-electron chi connectivity index (χ3n) is 4.96. The Balaban J connectivity index is 2.10. The minimum absolute atomic E-state index is 0.0257. The molecule has 0 radical (unpaired) electrons. The molecule has 1 atom stereocenters. The largest absolute Gasteiger partial charge is 0.355 e. The predicted molar refractivity (Wildman–Crippen MR) is 105 cm³/mol. The van der Waals surface area contributed by atoms with E-state index in [1.165, 1.54) is 10.9 Å². The van der Waals surface area contributed by atoms with Gasteiger partial charge in [-0.1, -0.05) is 11.6 Å². The molecule has 1 aromatic carbocycles. The van der Waals surface area contributed by atoms with Crippen molar-refractivity contribution < 1.29 is 0 Å². The van der Waals surface area contributed by atoms with Crippen LogP contribution in [0.4, 0.5) is 5.82 Å². The van der Waals surface area contributed by atoms with Crippen molar-refractivity contribution in [2.24, 2.45) is 12.8 Å². The summed E-state index contributed by atoms with van der Waals surface area (Å²) in [6.07, 6.45) is 3.32. The molecule has 0 saturated carbocycles. The van der Waals surface area contributed by atoms with Crippen molar-refractivity contribution in [3.8, 4) is 11.8 Å². The summed E-state index contributed by atoms with van der Waals surface area (Å²) in [5.74, 6) is 0.667. The standard InChI is InChI=1S/C19H19ClN6O/c1-24-11-23-16-15(9-21)18(25-8-2-3-13(22)10-25)26(17(16)19(24)27)14-6-4-12(20)5-7-14/h4-7,11,13H,2-3,8,10,22H2,1H3/t13-/m0/s1. The van der Waals surface area contributed by atoms with Crippen LogP contribution in [-0.4, -0.2) is 33.2 Å². The van der Waals surface area contributed by atoms with Gasteiger partial charge in [0.1, 0.15) is 28.5 Å². The molecule has 27 heavy (non-hydrogen) atoms. The molecule has 138 valence electrons. The molecular weight excluding hydrogens is 364 g/mol. The lowest BCUT2D eigenvalue weighted by molar-refractivity contribution is 0.501. The summed E-state index contributed by atoms with van der Waals surface area (Å²) in [5, 5.41) is 10.5. The highest BCUT2D eigenvalue weighted by molar-refractivity contribution is 6.30.